The standard InChI is InChI=1S/C11H7F3N4.C6H12FNO2S/c1-2-5-8(12)7-4-16-10(15)17-18(7)9(5)6-3-11(6,13)14;1-11(9,10)8-4-2-3-6(7)5-8/h1,4,6H,3H2,(H2,15,17);6H,2-5H2,1H3. The van der Waals surface area contributed by atoms with Crippen LogP contribution in [0.25, 0.3) is 5.52 Å². The number of terminal acetylenes is 1. The molecule has 2 aromatic heterocycles. The number of rotatable bonds is 2. The fourth-order valence-electron chi connectivity index (χ4n) is 3.21. The molecule has 0 radical (unpaired) electrons. The monoisotopic (exact) mass is 433 g/mol. The van der Waals surface area contributed by atoms with Crippen LogP contribution in [0, 0.1) is 18.2 Å². The zero-order chi connectivity index (χ0) is 21.6. The number of nitrogens with two attached hydrogens (primary N) is 1. The average molecular weight is 433 g/mol. The van der Waals surface area contributed by atoms with Crippen LogP contribution < -0.4 is 5.73 Å². The summed E-state index contributed by atoms with van der Waals surface area (Å²) in [5, 5.41) is 3.75. The Morgan fingerprint density at radius 3 is 2.55 bits per heavy atom. The first-order chi connectivity index (χ1) is 13.5. The summed E-state index contributed by atoms with van der Waals surface area (Å²) in [7, 11) is -3.17. The van der Waals surface area contributed by atoms with Crippen molar-refractivity contribution in [2.45, 2.75) is 37.3 Å². The van der Waals surface area contributed by atoms with E-state index in [4.69, 9.17) is 12.2 Å². The molecule has 7 nitrogen and oxygen atoms in total. The van der Waals surface area contributed by atoms with E-state index in [2.05, 4.69) is 16.0 Å². The lowest BCUT2D eigenvalue weighted by Gasteiger charge is -2.26. The van der Waals surface area contributed by atoms with Gasteiger partial charge in [-0.3, -0.25) is 0 Å². The lowest BCUT2D eigenvalue weighted by atomic mass is 10.1. The van der Waals surface area contributed by atoms with Crippen LogP contribution in [-0.4, -0.2) is 58.8 Å². The van der Waals surface area contributed by atoms with E-state index >= 15 is 0 Å². The number of nitrogen functional groups attached to an aromatic ring is 1. The number of halogens is 4. The minimum Gasteiger partial charge on any atom is -0.367 e. The van der Waals surface area contributed by atoms with Gasteiger partial charge < -0.3 is 5.73 Å². The topological polar surface area (TPSA) is 93.6 Å². The van der Waals surface area contributed by atoms with Crippen molar-refractivity contribution in [1.82, 2.24) is 18.9 Å². The van der Waals surface area contributed by atoms with Gasteiger partial charge >= 0.3 is 0 Å². The zero-order valence-corrected chi connectivity index (χ0v) is 16.3. The molecule has 4 rings (SSSR count). The maximum absolute atomic E-state index is 13.9. The summed E-state index contributed by atoms with van der Waals surface area (Å²) in [6.45, 7) is 0.512. The predicted octanol–water partition coefficient (Wildman–Crippen LogP) is 1.93. The van der Waals surface area contributed by atoms with Gasteiger partial charge in [0.05, 0.1) is 29.6 Å². The third-order valence-corrected chi connectivity index (χ3v) is 6.04. The number of nitrogens with zero attached hydrogens (tertiary/aromatic N) is 4. The fraction of sp³-hybridized carbons (Fsp3) is 0.529. The molecule has 2 unspecified atom stereocenters. The second-order valence-electron chi connectivity index (χ2n) is 7.01. The van der Waals surface area contributed by atoms with Crippen LogP contribution in [0.3, 0.4) is 0 Å². The Morgan fingerprint density at radius 1 is 1.41 bits per heavy atom. The number of fused-ring (bicyclic) bond motifs is 1. The highest BCUT2D eigenvalue weighted by Crippen LogP contribution is 2.56. The number of anilines is 1. The number of alkyl halides is 3. The second-order valence-corrected chi connectivity index (χ2v) is 8.99. The van der Waals surface area contributed by atoms with E-state index in [9.17, 15) is 26.0 Å². The maximum Gasteiger partial charge on any atom is 0.257 e. The molecule has 0 bridgehead atoms. The van der Waals surface area contributed by atoms with E-state index in [0.29, 0.717) is 19.4 Å². The molecule has 2 N–H and O–H groups in total. The van der Waals surface area contributed by atoms with Crippen LogP contribution in [0.15, 0.2) is 6.20 Å². The Morgan fingerprint density at radius 2 is 2.07 bits per heavy atom. The van der Waals surface area contributed by atoms with Crippen molar-refractivity contribution < 1.29 is 26.0 Å². The third kappa shape index (κ3) is 4.30. The van der Waals surface area contributed by atoms with Gasteiger partial charge in [-0.15, -0.1) is 11.5 Å². The SMILES string of the molecule is C#Cc1c(F)c2cnc(N)nn2c1C1CC1(F)F.CS(=O)(=O)N1CCCC(F)C1. The van der Waals surface area contributed by atoms with E-state index in [1.54, 1.807) is 0 Å². The average Bonchev–Trinajstić information content (AvgIpc) is 3.16. The second kappa shape index (κ2) is 7.46. The summed E-state index contributed by atoms with van der Waals surface area (Å²) in [5.74, 6) is -2.79. The van der Waals surface area contributed by atoms with Crippen LogP contribution in [0.1, 0.15) is 36.4 Å². The molecule has 2 fully saturated rings. The van der Waals surface area contributed by atoms with Crippen molar-refractivity contribution >= 4 is 21.5 Å². The molecule has 0 spiro atoms. The normalized spacial score (nSPS) is 23.9. The zero-order valence-electron chi connectivity index (χ0n) is 15.4. The van der Waals surface area contributed by atoms with Crippen molar-refractivity contribution in [2.75, 3.05) is 25.1 Å². The highest BCUT2D eigenvalue weighted by atomic mass is 32.2. The molecule has 2 aliphatic rings. The van der Waals surface area contributed by atoms with Crippen molar-refractivity contribution in [3.8, 4) is 12.3 Å². The number of sulfonamides is 1. The molecular formula is C17H19F4N5O2S. The number of piperidine rings is 1. The first-order valence-corrected chi connectivity index (χ1v) is 10.6. The van der Waals surface area contributed by atoms with Gasteiger partial charge in [-0.1, -0.05) is 5.92 Å². The summed E-state index contributed by atoms with van der Waals surface area (Å²) in [6, 6.07) is 0. The van der Waals surface area contributed by atoms with Crippen LogP contribution in [0.2, 0.25) is 0 Å². The van der Waals surface area contributed by atoms with Gasteiger partial charge in [-0.2, -0.15) is 4.31 Å². The minimum absolute atomic E-state index is 0.0101. The van der Waals surface area contributed by atoms with Gasteiger partial charge in [0.15, 0.2) is 5.82 Å². The van der Waals surface area contributed by atoms with Crippen molar-refractivity contribution in [3.05, 3.63) is 23.3 Å². The van der Waals surface area contributed by atoms with E-state index in [1.807, 2.05) is 0 Å². The smallest absolute Gasteiger partial charge is 0.257 e. The largest absolute Gasteiger partial charge is 0.367 e. The molecule has 1 aliphatic carbocycles. The van der Waals surface area contributed by atoms with Crippen molar-refractivity contribution in [2.24, 2.45) is 0 Å². The fourth-order valence-corrected chi connectivity index (χ4v) is 4.10. The molecule has 158 valence electrons. The first-order valence-electron chi connectivity index (χ1n) is 8.72. The molecule has 29 heavy (non-hydrogen) atoms. The Labute approximate surface area is 164 Å². The highest BCUT2D eigenvalue weighted by Gasteiger charge is 2.60. The maximum atomic E-state index is 13.9. The summed E-state index contributed by atoms with van der Waals surface area (Å²) in [5.41, 5.74) is 5.12. The van der Waals surface area contributed by atoms with Gasteiger partial charge in [-0.05, 0) is 12.8 Å². The molecule has 1 saturated carbocycles. The molecular weight excluding hydrogens is 414 g/mol. The summed E-state index contributed by atoms with van der Waals surface area (Å²) in [4.78, 5) is 3.62. The molecule has 3 heterocycles. The molecule has 1 saturated heterocycles. The minimum atomic E-state index is -3.17. The third-order valence-electron chi connectivity index (χ3n) is 4.77. The predicted molar refractivity (Wildman–Crippen MR) is 98.1 cm³/mol. The van der Waals surface area contributed by atoms with Crippen LogP contribution in [-0.2, 0) is 10.0 Å². The summed E-state index contributed by atoms with van der Waals surface area (Å²) >= 11 is 0. The highest BCUT2D eigenvalue weighted by molar-refractivity contribution is 7.88. The molecule has 2 atom stereocenters. The summed E-state index contributed by atoms with van der Waals surface area (Å²) < 4.78 is 76.9. The van der Waals surface area contributed by atoms with Gasteiger partial charge in [0.25, 0.3) is 5.92 Å². The van der Waals surface area contributed by atoms with E-state index in [0.717, 1.165) is 17.0 Å². The van der Waals surface area contributed by atoms with Crippen LogP contribution in [0.5, 0.6) is 0 Å². The van der Waals surface area contributed by atoms with Crippen molar-refractivity contribution in [1.29, 1.82) is 0 Å². The first kappa shape index (κ1) is 21.3. The molecule has 1 aliphatic heterocycles. The molecule has 0 aromatic carbocycles. The van der Waals surface area contributed by atoms with E-state index in [-0.39, 0.29) is 35.7 Å². The Bertz CT molecular complexity index is 1080. The van der Waals surface area contributed by atoms with Crippen LogP contribution >= 0.6 is 0 Å². The Balaban J connectivity index is 0.000000188. The van der Waals surface area contributed by atoms with E-state index in [1.165, 1.54) is 4.31 Å². The van der Waals surface area contributed by atoms with Gasteiger partial charge in [0.1, 0.15) is 11.7 Å². The lowest BCUT2D eigenvalue weighted by Crippen LogP contribution is -2.39. The summed E-state index contributed by atoms with van der Waals surface area (Å²) in [6.07, 6.45) is 7.21. The van der Waals surface area contributed by atoms with Gasteiger partial charge in [0, 0.05) is 19.5 Å². The lowest BCUT2D eigenvalue weighted by molar-refractivity contribution is 0.111. The molecule has 12 heteroatoms. The number of hydrogen-bond acceptors (Lipinski definition) is 5. The molecule has 0 amide bonds. The van der Waals surface area contributed by atoms with Gasteiger partial charge in [0.2, 0.25) is 16.0 Å². The number of hydrogen-bond donors (Lipinski definition) is 1. The van der Waals surface area contributed by atoms with E-state index < -0.39 is 33.9 Å². The number of aromatic nitrogens is 3. The van der Waals surface area contributed by atoms with Gasteiger partial charge in [-0.25, -0.2) is 35.5 Å². The Kier molecular flexibility index (Phi) is 5.48. The van der Waals surface area contributed by atoms with Crippen molar-refractivity contribution in [3.63, 3.8) is 0 Å². The van der Waals surface area contributed by atoms with Crippen LogP contribution in [0.4, 0.5) is 23.5 Å². The quantitative estimate of drug-likeness (QED) is 0.577. The molecule has 2 aromatic rings. The Hall–Kier alpha value is -2.39.